The van der Waals surface area contributed by atoms with Crippen LogP contribution in [0.5, 0.6) is 0 Å². The fraction of sp³-hybridized carbons (Fsp3) is 0.929. The maximum atomic E-state index is 11.5. The first kappa shape index (κ1) is 32.3. The molecular formula is C28H48O10S2. The number of fused-ring (bicyclic) bond motifs is 5. The lowest BCUT2D eigenvalue weighted by atomic mass is 9.44. The fourth-order valence-electron chi connectivity index (χ4n) is 9.65. The molecule has 4 aliphatic carbocycles. The highest BCUT2D eigenvalue weighted by molar-refractivity contribution is 7.81. The smallest absolute Gasteiger partial charge is 0.396 e. The van der Waals surface area contributed by atoms with Crippen LogP contribution in [0.3, 0.4) is 0 Å². The van der Waals surface area contributed by atoms with Crippen LogP contribution in [0.2, 0.25) is 0 Å². The van der Waals surface area contributed by atoms with Crippen molar-refractivity contribution in [2.24, 2.45) is 52.3 Å². The molecular weight excluding hydrogens is 560 g/mol. The second kappa shape index (κ2) is 11.8. The third-order valence-corrected chi connectivity index (χ3v) is 12.7. The first-order chi connectivity index (χ1) is 18.5. The summed E-state index contributed by atoms with van der Waals surface area (Å²) in [5.74, 6) is 1.54. The summed E-state index contributed by atoms with van der Waals surface area (Å²) in [6.45, 7) is 10.5. The Kier molecular flexibility index (Phi) is 9.55. The Balaban J connectivity index is 1.52. The summed E-state index contributed by atoms with van der Waals surface area (Å²) in [6.07, 6.45) is 6.05. The molecule has 232 valence electrons. The molecule has 0 amide bonds. The minimum absolute atomic E-state index is 0.00838. The Morgan fingerprint density at radius 3 is 2.30 bits per heavy atom. The van der Waals surface area contributed by atoms with Gasteiger partial charge >= 0.3 is 20.8 Å². The number of hydrogen-bond donors (Lipinski definition) is 4. The highest BCUT2D eigenvalue weighted by Gasteiger charge is 2.62. The van der Waals surface area contributed by atoms with E-state index in [-0.39, 0.29) is 47.7 Å². The van der Waals surface area contributed by atoms with Gasteiger partial charge in [-0.05, 0) is 116 Å². The van der Waals surface area contributed by atoms with Crippen molar-refractivity contribution in [2.75, 3.05) is 13.2 Å². The van der Waals surface area contributed by atoms with Crippen molar-refractivity contribution in [3.05, 3.63) is 12.2 Å². The molecule has 10 nitrogen and oxygen atoms in total. The first-order valence-electron chi connectivity index (χ1n) is 14.7. The molecule has 0 aromatic heterocycles. The van der Waals surface area contributed by atoms with Crippen molar-refractivity contribution in [1.29, 1.82) is 0 Å². The molecule has 4 aliphatic rings. The van der Waals surface area contributed by atoms with Gasteiger partial charge in [0.25, 0.3) is 0 Å². The molecule has 4 saturated carbocycles. The fourth-order valence-corrected chi connectivity index (χ4v) is 10.5. The lowest BCUT2D eigenvalue weighted by Gasteiger charge is -2.62. The third-order valence-electron chi connectivity index (χ3n) is 11.8. The van der Waals surface area contributed by atoms with Crippen LogP contribution in [0.15, 0.2) is 12.2 Å². The standard InChI is InChI=1S/C28H48O10S2/c1-17(18(2)15-29)5-6-19(16-37-39(31,32)33)22-9-10-23-21-8-7-20-13-26(38-40(34,35)36)25(30)14-28(20,4)24(21)11-12-27(22,23)3/h18-26,29-30H,1,5-16H2,2-4H3,(H,31,32,33)(H,34,35,36)/t18?,19-,20?,21?,22+,23?,24?,25-,26-,27+,28-/m0/s1. The van der Waals surface area contributed by atoms with Gasteiger partial charge in [-0.3, -0.25) is 9.11 Å². The normalized spacial score (nSPS) is 41.4. The van der Waals surface area contributed by atoms with Gasteiger partial charge in [-0.15, -0.1) is 0 Å². The summed E-state index contributed by atoms with van der Waals surface area (Å²) in [5, 5.41) is 20.4. The van der Waals surface area contributed by atoms with Crippen LogP contribution in [0, 0.1) is 52.3 Å². The zero-order valence-corrected chi connectivity index (χ0v) is 25.6. The lowest BCUT2D eigenvalue weighted by Crippen LogP contribution is -2.57. The van der Waals surface area contributed by atoms with Crippen LogP contribution in [0.4, 0.5) is 0 Å². The van der Waals surface area contributed by atoms with E-state index in [0.717, 1.165) is 44.1 Å². The molecule has 0 radical (unpaired) electrons. The molecule has 4 fully saturated rings. The van der Waals surface area contributed by atoms with E-state index in [1.165, 1.54) is 0 Å². The summed E-state index contributed by atoms with van der Waals surface area (Å²) in [5.41, 5.74) is 0.735. The molecule has 12 heteroatoms. The van der Waals surface area contributed by atoms with Gasteiger partial charge in [-0.25, -0.2) is 8.37 Å². The van der Waals surface area contributed by atoms with Crippen LogP contribution >= 0.6 is 0 Å². The zero-order valence-electron chi connectivity index (χ0n) is 23.9. The van der Waals surface area contributed by atoms with E-state index in [1.54, 1.807) is 0 Å². The summed E-state index contributed by atoms with van der Waals surface area (Å²) in [4.78, 5) is 0. The molecule has 0 aromatic carbocycles. The van der Waals surface area contributed by atoms with E-state index in [9.17, 15) is 36.2 Å². The first-order valence-corrected chi connectivity index (χ1v) is 17.5. The van der Waals surface area contributed by atoms with Gasteiger partial charge in [0.2, 0.25) is 0 Å². The number of rotatable bonds is 11. The summed E-state index contributed by atoms with van der Waals surface area (Å²) in [6, 6.07) is 0. The molecule has 4 N–H and O–H groups in total. The monoisotopic (exact) mass is 608 g/mol. The quantitative estimate of drug-likeness (QED) is 0.197. The Morgan fingerprint density at radius 2 is 1.68 bits per heavy atom. The van der Waals surface area contributed by atoms with E-state index in [1.807, 2.05) is 6.92 Å². The van der Waals surface area contributed by atoms with Crippen molar-refractivity contribution in [3.8, 4) is 0 Å². The van der Waals surface area contributed by atoms with E-state index in [4.69, 9.17) is 8.37 Å². The number of aliphatic hydroxyl groups is 2. The van der Waals surface area contributed by atoms with Crippen LogP contribution in [-0.4, -0.2) is 61.6 Å². The van der Waals surface area contributed by atoms with Crippen molar-refractivity contribution in [2.45, 2.75) is 97.2 Å². The topological polar surface area (TPSA) is 168 Å². The zero-order chi connectivity index (χ0) is 29.7. The van der Waals surface area contributed by atoms with Gasteiger partial charge in [-0.2, -0.15) is 16.8 Å². The largest absolute Gasteiger partial charge is 0.397 e. The average Bonchev–Trinajstić information content (AvgIpc) is 3.19. The highest BCUT2D eigenvalue weighted by Crippen LogP contribution is 2.68. The highest BCUT2D eigenvalue weighted by atomic mass is 32.3. The van der Waals surface area contributed by atoms with E-state index in [2.05, 4.69) is 20.4 Å². The Labute approximate surface area is 239 Å². The van der Waals surface area contributed by atoms with Crippen LogP contribution in [0.25, 0.3) is 0 Å². The summed E-state index contributed by atoms with van der Waals surface area (Å²) in [7, 11) is -9.21. The van der Waals surface area contributed by atoms with E-state index in [0.29, 0.717) is 43.4 Å². The van der Waals surface area contributed by atoms with E-state index < -0.39 is 33.0 Å². The van der Waals surface area contributed by atoms with Crippen molar-refractivity contribution < 1.29 is 44.5 Å². The molecule has 4 rings (SSSR count). The van der Waals surface area contributed by atoms with Crippen molar-refractivity contribution in [3.63, 3.8) is 0 Å². The van der Waals surface area contributed by atoms with Crippen molar-refractivity contribution >= 4 is 20.8 Å². The summed E-state index contributed by atoms with van der Waals surface area (Å²) < 4.78 is 74.0. The SMILES string of the molecule is C=C(CC[C@@H](COS(=O)(=O)O)[C@H]1CCC2C3CCC4C[C@H](OS(=O)(=O)O)[C@@H](O)C[C@]4(C)C3CC[C@@]21C)C(C)CO. The van der Waals surface area contributed by atoms with Gasteiger partial charge in [0.1, 0.15) is 6.10 Å². The van der Waals surface area contributed by atoms with Crippen LogP contribution in [0.1, 0.15) is 85.0 Å². The predicted molar refractivity (Wildman–Crippen MR) is 149 cm³/mol. The Morgan fingerprint density at radius 1 is 1.00 bits per heavy atom. The van der Waals surface area contributed by atoms with Gasteiger partial charge in [-0.1, -0.05) is 32.9 Å². The summed E-state index contributed by atoms with van der Waals surface area (Å²) >= 11 is 0. The Bertz CT molecular complexity index is 1140. The van der Waals surface area contributed by atoms with Crippen LogP contribution in [-0.2, 0) is 29.2 Å². The maximum absolute atomic E-state index is 11.5. The van der Waals surface area contributed by atoms with Gasteiger partial charge < -0.3 is 10.2 Å². The average molecular weight is 609 g/mol. The second-order valence-corrected chi connectivity index (χ2v) is 15.8. The number of hydrogen-bond acceptors (Lipinski definition) is 8. The number of aliphatic hydroxyl groups excluding tert-OH is 2. The molecule has 0 aromatic rings. The molecule has 5 unspecified atom stereocenters. The Hall–Kier alpha value is -0.600. The van der Waals surface area contributed by atoms with Gasteiger partial charge in [0.15, 0.2) is 0 Å². The van der Waals surface area contributed by atoms with E-state index >= 15 is 0 Å². The molecule has 0 aliphatic heterocycles. The van der Waals surface area contributed by atoms with Crippen LogP contribution < -0.4 is 0 Å². The third kappa shape index (κ3) is 6.64. The van der Waals surface area contributed by atoms with Crippen molar-refractivity contribution in [1.82, 2.24) is 0 Å². The lowest BCUT2D eigenvalue weighted by molar-refractivity contribution is -0.157. The molecule has 0 heterocycles. The predicted octanol–water partition coefficient (Wildman–Crippen LogP) is 4.20. The maximum Gasteiger partial charge on any atom is 0.397 e. The molecule has 11 atom stereocenters. The second-order valence-electron chi connectivity index (χ2n) is 13.7. The minimum Gasteiger partial charge on any atom is -0.396 e. The molecule has 0 bridgehead atoms. The van der Waals surface area contributed by atoms with Gasteiger partial charge in [0, 0.05) is 6.61 Å². The minimum atomic E-state index is -4.64. The molecule has 0 saturated heterocycles. The molecule has 40 heavy (non-hydrogen) atoms. The van der Waals surface area contributed by atoms with Gasteiger partial charge in [0.05, 0.1) is 12.7 Å². The molecule has 0 spiro atoms.